The first-order valence-electron chi connectivity index (χ1n) is 4.21. The number of rotatable bonds is 1. The third-order valence-corrected chi connectivity index (χ3v) is 2.47. The molecule has 1 N–H and O–H groups in total. The molecule has 0 fully saturated rings. The van der Waals surface area contributed by atoms with Crippen LogP contribution >= 0.6 is 15.9 Å². The Morgan fingerprint density at radius 1 is 1.36 bits per heavy atom. The van der Waals surface area contributed by atoms with Crippen molar-refractivity contribution in [2.45, 2.75) is 6.92 Å². The molecular formula is C10H9BrN2O. The van der Waals surface area contributed by atoms with Crippen LogP contribution in [0.1, 0.15) is 5.69 Å². The second-order valence-corrected chi connectivity index (χ2v) is 3.99. The summed E-state index contributed by atoms with van der Waals surface area (Å²) in [6.45, 7) is 1.89. The van der Waals surface area contributed by atoms with Gasteiger partial charge >= 0.3 is 0 Å². The van der Waals surface area contributed by atoms with Gasteiger partial charge in [-0.2, -0.15) is 0 Å². The number of nitrogens with zero attached hydrogens (tertiary/aromatic N) is 1. The van der Waals surface area contributed by atoms with Gasteiger partial charge in [-0.15, -0.1) is 0 Å². The van der Waals surface area contributed by atoms with Crippen molar-refractivity contribution in [3.8, 4) is 5.69 Å². The zero-order valence-electron chi connectivity index (χ0n) is 7.62. The second kappa shape index (κ2) is 3.46. The highest BCUT2D eigenvalue weighted by Crippen LogP contribution is 2.15. The molecule has 3 nitrogen and oxygen atoms in total. The van der Waals surface area contributed by atoms with Crippen LogP contribution in [-0.2, 0) is 0 Å². The van der Waals surface area contributed by atoms with Gasteiger partial charge in [-0.3, -0.25) is 14.6 Å². The highest BCUT2D eigenvalue weighted by Gasteiger charge is 2.01. The highest BCUT2D eigenvalue weighted by atomic mass is 79.9. The fourth-order valence-electron chi connectivity index (χ4n) is 1.37. The molecule has 0 atom stereocenters. The molecule has 0 saturated carbocycles. The van der Waals surface area contributed by atoms with E-state index in [1.165, 1.54) is 0 Å². The lowest BCUT2D eigenvalue weighted by molar-refractivity contribution is 0.834. The number of hydrogen-bond donors (Lipinski definition) is 1. The van der Waals surface area contributed by atoms with E-state index in [0.717, 1.165) is 15.9 Å². The Morgan fingerprint density at radius 3 is 2.71 bits per heavy atom. The van der Waals surface area contributed by atoms with Gasteiger partial charge in [0.15, 0.2) is 0 Å². The van der Waals surface area contributed by atoms with E-state index in [4.69, 9.17) is 0 Å². The fourth-order valence-corrected chi connectivity index (χ4v) is 1.76. The first-order chi connectivity index (χ1) is 6.66. The van der Waals surface area contributed by atoms with Gasteiger partial charge < -0.3 is 0 Å². The number of benzene rings is 1. The van der Waals surface area contributed by atoms with Gasteiger partial charge in [0.25, 0.3) is 5.56 Å². The molecule has 0 unspecified atom stereocenters. The smallest absolute Gasteiger partial charge is 0.264 e. The third-order valence-electron chi connectivity index (χ3n) is 1.98. The molecule has 0 bridgehead atoms. The van der Waals surface area contributed by atoms with Crippen molar-refractivity contribution in [3.63, 3.8) is 0 Å². The molecule has 14 heavy (non-hydrogen) atoms. The SMILES string of the molecule is Cc1cc(=O)[nH]n1-c1cccc(Br)c1. The maximum atomic E-state index is 11.1. The number of hydrogen-bond acceptors (Lipinski definition) is 1. The monoisotopic (exact) mass is 252 g/mol. The van der Waals surface area contributed by atoms with E-state index in [9.17, 15) is 4.79 Å². The first kappa shape index (κ1) is 9.27. The molecule has 1 aromatic carbocycles. The second-order valence-electron chi connectivity index (χ2n) is 3.08. The largest absolute Gasteiger partial charge is 0.268 e. The maximum absolute atomic E-state index is 11.1. The van der Waals surface area contributed by atoms with Crippen LogP contribution in [0.3, 0.4) is 0 Å². The Hall–Kier alpha value is -1.29. The van der Waals surface area contributed by atoms with Gasteiger partial charge in [0.1, 0.15) is 0 Å². The van der Waals surface area contributed by atoms with Crippen molar-refractivity contribution in [2.75, 3.05) is 0 Å². The first-order valence-corrected chi connectivity index (χ1v) is 5.01. The van der Waals surface area contributed by atoms with Crippen molar-refractivity contribution < 1.29 is 0 Å². The molecule has 0 saturated heterocycles. The van der Waals surface area contributed by atoms with Crippen molar-refractivity contribution in [3.05, 3.63) is 50.9 Å². The lowest BCUT2D eigenvalue weighted by Crippen LogP contribution is -2.03. The third kappa shape index (κ3) is 1.65. The van der Waals surface area contributed by atoms with Gasteiger partial charge in [-0.05, 0) is 25.1 Å². The minimum atomic E-state index is -0.0810. The van der Waals surface area contributed by atoms with Crippen LogP contribution < -0.4 is 5.56 Å². The average Bonchev–Trinajstić information content (AvgIpc) is 2.45. The van der Waals surface area contributed by atoms with Crippen molar-refractivity contribution in [2.24, 2.45) is 0 Å². The molecular weight excluding hydrogens is 244 g/mol. The van der Waals surface area contributed by atoms with Crippen LogP contribution in [0.2, 0.25) is 0 Å². The summed E-state index contributed by atoms with van der Waals surface area (Å²) in [5.41, 5.74) is 1.76. The lowest BCUT2D eigenvalue weighted by atomic mass is 10.3. The zero-order chi connectivity index (χ0) is 10.1. The Labute approximate surface area is 89.5 Å². The van der Waals surface area contributed by atoms with Gasteiger partial charge in [-0.25, -0.2) is 0 Å². The van der Waals surface area contributed by atoms with Crippen LogP contribution in [0.4, 0.5) is 0 Å². The summed E-state index contributed by atoms with van der Waals surface area (Å²) in [5, 5.41) is 2.73. The van der Waals surface area contributed by atoms with Gasteiger partial charge in [0, 0.05) is 16.2 Å². The van der Waals surface area contributed by atoms with Gasteiger partial charge in [-0.1, -0.05) is 22.0 Å². The molecule has 72 valence electrons. The van der Waals surface area contributed by atoms with Crippen molar-refractivity contribution in [1.82, 2.24) is 9.78 Å². The van der Waals surface area contributed by atoms with Gasteiger partial charge in [0.05, 0.1) is 5.69 Å². The number of H-pyrrole nitrogens is 1. The van der Waals surface area contributed by atoms with E-state index in [0.29, 0.717) is 0 Å². The molecule has 0 amide bonds. The van der Waals surface area contributed by atoms with Crippen LogP contribution in [0.15, 0.2) is 39.6 Å². The van der Waals surface area contributed by atoms with E-state index in [2.05, 4.69) is 21.0 Å². The predicted molar refractivity (Wildman–Crippen MR) is 58.8 cm³/mol. The summed E-state index contributed by atoms with van der Waals surface area (Å²) in [6, 6.07) is 9.33. The van der Waals surface area contributed by atoms with Crippen LogP contribution in [0.25, 0.3) is 5.69 Å². The van der Waals surface area contributed by atoms with Crippen LogP contribution in [0, 0.1) is 6.92 Å². The minimum absolute atomic E-state index is 0.0810. The molecule has 1 heterocycles. The molecule has 4 heteroatoms. The molecule has 0 aliphatic carbocycles. The number of aromatic nitrogens is 2. The van der Waals surface area contributed by atoms with E-state index in [-0.39, 0.29) is 5.56 Å². The standard InChI is InChI=1S/C10H9BrN2O/c1-7-5-10(14)12-13(7)9-4-2-3-8(11)6-9/h2-6H,1H3,(H,12,14). The quantitative estimate of drug-likeness (QED) is 0.831. The number of nitrogens with one attached hydrogen (secondary N) is 1. The van der Waals surface area contributed by atoms with Crippen LogP contribution in [0.5, 0.6) is 0 Å². The lowest BCUT2D eigenvalue weighted by Gasteiger charge is -2.04. The van der Waals surface area contributed by atoms with Crippen molar-refractivity contribution >= 4 is 15.9 Å². The van der Waals surface area contributed by atoms with E-state index < -0.39 is 0 Å². The summed E-state index contributed by atoms with van der Waals surface area (Å²) < 4.78 is 2.75. The van der Waals surface area contributed by atoms with Gasteiger partial charge in [0.2, 0.25) is 0 Å². The molecule has 2 rings (SSSR count). The minimum Gasteiger partial charge on any atom is -0.268 e. The Bertz CT molecular complexity index is 513. The number of halogens is 1. The summed E-state index contributed by atoms with van der Waals surface area (Å²) >= 11 is 3.39. The fraction of sp³-hybridized carbons (Fsp3) is 0.100. The Morgan fingerprint density at radius 2 is 2.14 bits per heavy atom. The number of aromatic amines is 1. The Kier molecular flexibility index (Phi) is 2.29. The molecule has 2 aromatic rings. The van der Waals surface area contributed by atoms with Crippen LogP contribution in [-0.4, -0.2) is 9.78 Å². The molecule has 0 aliphatic rings. The molecule has 0 aliphatic heterocycles. The summed E-state index contributed by atoms with van der Waals surface area (Å²) in [4.78, 5) is 11.1. The molecule has 1 aromatic heterocycles. The predicted octanol–water partition coefficient (Wildman–Crippen LogP) is 2.24. The molecule has 0 spiro atoms. The maximum Gasteiger partial charge on any atom is 0.264 e. The topological polar surface area (TPSA) is 37.8 Å². The summed E-state index contributed by atoms with van der Waals surface area (Å²) in [7, 11) is 0. The number of aryl methyl sites for hydroxylation is 1. The van der Waals surface area contributed by atoms with E-state index >= 15 is 0 Å². The highest BCUT2D eigenvalue weighted by molar-refractivity contribution is 9.10. The van der Waals surface area contributed by atoms with Crippen molar-refractivity contribution in [1.29, 1.82) is 0 Å². The average molecular weight is 253 g/mol. The summed E-state index contributed by atoms with van der Waals surface area (Å²) in [6.07, 6.45) is 0. The normalized spacial score (nSPS) is 10.4. The molecule has 0 radical (unpaired) electrons. The Balaban J connectivity index is 2.59. The van der Waals surface area contributed by atoms with E-state index in [1.807, 2.05) is 31.2 Å². The zero-order valence-corrected chi connectivity index (χ0v) is 9.21. The summed E-state index contributed by atoms with van der Waals surface area (Å²) in [5.74, 6) is 0. The van der Waals surface area contributed by atoms with E-state index in [1.54, 1.807) is 10.7 Å².